The molecular weight excluding hydrogens is 371 g/mol. The number of anilines is 1. The molecule has 2 amide bonds. The molecule has 0 atom stereocenters. The Labute approximate surface area is 168 Å². The summed E-state index contributed by atoms with van der Waals surface area (Å²) in [4.78, 5) is 24.4. The molecule has 0 aliphatic rings. The van der Waals surface area contributed by atoms with Gasteiger partial charge >= 0.3 is 6.09 Å². The second kappa shape index (κ2) is 8.31. The lowest BCUT2D eigenvalue weighted by Gasteiger charge is -2.20. The van der Waals surface area contributed by atoms with Crippen LogP contribution in [0.1, 0.15) is 36.7 Å². The first-order chi connectivity index (χ1) is 13.7. The summed E-state index contributed by atoms with van der Waals surface area (Å²) < 4.78 is 18.4. The Kier molecular flexibility index (Phi) is 5.82. The zero-order chi connectivity index (χ0) is 21.0. The molecule has 0 fully saturated rings. The van der Waals surface area contributed by atoms with Crippen molar-refractivity contribution in [3.05, 3.63) is 77.6 Å². The van der Waals surface area contributed by atoms with Crippen molar-refractivity contribution in [2.75, 3.05) is 5.32 Å². The molecule has 2 N–H and O–H groups in total. The van der Waals surface area contributed by atoms with Gasteiger partial charge in [0.25, 0.3) is 5.91 Å². The first-order valence-electron chi connectivity index (χ1n) is 9.27. The maximum atomic E-state index is 13.1. The SMILES string of the molecule is CC(C)(C)OC(=O)NCc1cccc2c(NC(=O)c3ccc(F)cc3)cccc12. The van der Waals surface area contributed by atoms with Crippen LogP contribution in [0, 0.1) is 5.82 Å². The van der Waals surface area contributed by atoms with Crippen LogP contribution < -0.4 is 10.6 Å². The van der Waals surface area contributed by atoms with Gasteiger partial charge in [-0.1, -0.05) is 30.3 Å². The van der Waals surface area contributed by atoms with Crippen LogP contribution in [0.5, 0.6) is 0 Å². The summed E-state index contributed by atoms with van der Waals surface area (Å²) in [6, 6.07) is 16.6. The molecule has 0 bridgehead atoms. The minimum atomic E-state index is -0.569. The first kappa shape index (κ1) is 20.3. The lowest BCUT2D eigenvalue weighted by Crippen LogP contribution is -2.32. The number of fused-ring (bicyclic) bond motifs is 1. The molecule has 0 saturated heterocycles. The molecule has 3 rings (SSSR count). The Balaban J connectivity index is 1.80. The quantitative estimate of drug-likeness (QED) is 0.635. The molecular formula is C23H23FN2O3. The molecule has 0 spiro atoms. The average molecular weight is 394 g/mol. The highest BCUT2D eigenvalue weighted by Gasteiger charge is 2.16. The summed E-state index contributed by atoms with van der Waals surface area (Å²) in [5.74, 6) is -0.719. The van der Waals surface area contributed by atoms with Crippen LogP contribution in [0.2, 0.25) is 0 Å². The first-order valence-corrected chi connectivity index (χ1v) is 9.27. The van der Waals surface area contributed by atoms with Crippen LogP contribution in [-0.4, -0.2) is 17.6 Å². The van der Waals surface area contributed by atoms with Crippen molar-refractivity contribution in [3.63, 3.8) is 0 Å². The van der Waals surface area contributed by atoms with Gasteiger partial charge in [-0.05, 0) is 62.1 Å². The third-order valence-corrected chi connectivity index (χ3v) is 4.19. The standard InChI is InChI=1S/C23H23FN2O3/c1-23(2,3)29-22(28)25-14-16-6-4-8-19-18(16)7-5-9-20(19)26-21(27)15-10-12-17(24)13-11-15/h4-13H,14H2,1-3H3,(H,25,28)(H,26,27). The lowest BCUT2D eigenvalue weighted by atomic mass is 10.0. The summed E-state index contributed by atoms with van der Waals surface area (Å²) in [6.45, 7) is 5.71. The number of carbonyl (C=O) groups is 2. The van der Waals surface area contributed by atoms with E-state index in [9.17, 15) is 14.0 Å². The minimum absolute atomic E-state index is 0.293. The Bertz CT molecular complexity index is 1040. The van der Waals surface area contributed by atoms with E-state index in [1.807, 2.05) is 30.3 Å². The molecule has 6 heteroatoms. The average Bonchev–Trinajstić information content (AvgIpc) is 2.66. The van der Waals surface area contributed by atoms with E-state index >= 15 is 0 Å². The van der Waals surface area contributed by atoms with Gasteiger partial charge in [0.1, 0.15) is 11.4 Å². The predicted molar refractivity (Wildman–Crippen MR) is 111 cm³/mol. The van der Waals surface area contributed by atoms with Gasteiger partial charge in [-0.25, -0.2) is 9.18 Å². The van der Waals surface area contributed by atoms with Gasteiger partial charge in [0.05, 0.1) is 0 Å². The fraction of sp³-hybridized carbons (Fsp3) is 0.217. The number of ether oxygens (including phenoxy) is 1. The summed E-state index contributed by atoms with van der Waals surface area (Å²) in [7, 11) is 0. The summed E-state index contributed by atoms with van der Waals surface area (Å²) in [5.41, 5.74) is 1.33. The molecule has 29 heavy (non-hydrogen) atoms. The van der Waals surface area contributed by atoms with Crippen molar-refractivity contribution in [1.29, 1.82) is 0 Å². The summed E-state index contributed by atoms with van der Waals surface area (Å²) >= 11 is 0. The number of hydrogen-bond donors (Lipinski definition) is 2. The largest absolute Gasteiger partial charge is 0.444 e. The van der Waals surface area contributed by atoms with Gasteiger partial charge in [-0.2, -0.15) is 0 Å². The number of rotatable bonds is 4. The van der Waals surface area contributed by atoms with E-state index in [0.29, 0.717) is 17.8 Å². The van der Waals surface area contributed by atoms with Crippen molar-refractivity contribution in [2.24, 2.45) is 0 Å². The predicted octanol–water partition coefficient (Wildman–Crippen LogP) is 5.26. The van der Waals surface area contributed by atoms with Crippen molar-refractivity contribution in [2.45, 2.75) is 32.9 Å². The second-order valence-electron chi connectivity index (χ2n) is 7.63. The third kappa shape index (κ3) is 5.31. The van der Waals surface area contributed by atoms with Gasteiger partial charge in [0.15, 0.2) is 0 Å². The van der Waals surface area contributed by atoms with Gasteiger partial charge in [-0.15, -0.1) is 0 Å². The molecule has 3 aromatic carbocycles. The Morgan fingerprint density at radius 3 is 2.28 bits per heavy atom. The maximum absolute atomic E-state index is 13.1. The van der Waals surface area contributed by atoms with E-state index in [-0.39, 0.29) is 5.91 Å². The highest BCUT2D eigenvalue weighted by atomic mass is 19.1. The van der Waals surface area contributed by atoms with Gasteiger partial charge in [0, 0.05) is 23.2 Å². The molecule has 0 unspecified atom stereocenters. The molecule has 0 radical (unpaired) electrons. The van der Waals surface area contributed by atoms with Crippen LogP contribution in [0.15, 0.2) is 60.7 Å². The molecule has 0 aliphatic heterocycles. The monoisotopic (exact) mass is 394 g/mol. The zero-order valence-corrected chi connectivity index (χ0v) is 16.6. The molecule has 0 saturated carbocycles. The van der Waals surface area contributed by atoms with Gasteiger partial charge in [0.2, 0.25) is 0 Å². The number of amides is 2. The number of benzene rings is 3. The Morgan fingerprint density at radius 2 is 1.59 bits per heavy atom. The van der Waals surface area contributed by atoms with Gasteiger partial charge < -0.3 is 15.4 Å². The number of carbonyl (C=O) groups excluding carboxylic acids is 2. The number of halogens is 1. The lowest BCUT2D eigenvalue weighted by molar-refractivity contribution is 0.0523. The van der Waals surface area contributed by atoms with Crippen LogP contribution in [-0.2, 0) is 11.3 Å². The van der Waals surface area contributed by atoms with Crippen molar-refractivity contribution in [3.8, 4) is 0 Å². The van der Waals surface area contributed by atoms with Crippen molar-refractivity contribution < 1.29 is 18.7 Å². The molecule has 5 nitrogen and oxygen atoms in total. The number of nitrogens with one attached hydrogen (secondary N) is 2. The topological polar surface area (TPSA) is 67.4 Å². The van der Waals surface area contributed by atoms with Crippen molar-refractivity contribution in [1.82, 2.24) is 5.32 Å². The van der Waals surface area contributed by atoms with E-state index in [2.05, 4.69) is 10.6 Å². The molecule has 0 aliphatic carbocycles. The zero-order valence-electron chi connectivity index (χ0n) is 16.6. The fourth-order valence-corrected chi connectivity index (χ4v) is 2.92. The Morgan fingerprint density at radius 1 is 0.931 bits per heavy atom. The van der Waals surface area contributed by atoms with Crippen LogP contribution in [0.4, 0.5) is 14.9 Å². The van der Waals surface area contributed by atoms with E-state index in [1.165, 1.54) is 24.3 Å². The molecule has 3 aromatic rings. The fourth-order valence-electron chi connectivity index (χ4n) is 2.92. The van der Waals surface area contributed by atoms with Crippen molar-refractivity contribution >= 4 is 28.5 Å². The normalized spacial score (nSPS) is 11.2. The second-order valence-corrected chi connectivity index (χ2v) is 7.63. The van der Waals surface area contributed by atoms with Gasteiger partial charge in [-0.3, -0.25) is 4.79 Å². The van der Waals surface area contributed by atoms with Crippen LogP contribution in [0.3, 0.4) is 0 Å². The molecule has 0 heterocycles. The smallest absolute Gasteiger partial charge is 0.407 e. The summed E-state index contributed by atoms with van der Waals surface area (Å²) in [6.07, 6.45) is -0.490. The van der Waals surface area contributed by atoms with Crippen LogP contribution >= 0.6 is 0 Å². The molecule has 0 aromatic heterocycles. The highest BCUT2D eigenvalue weighted by molar-refractivity contribution is 6.09. The van der Waals surface area contributed by atoms with E-state index < -0.39 is 17.5 Å². The maximum Gasteiger partial charge on any atom is 0.407 e. The number of hydrogen-bond acceptors (Lipinski definition) is 3. The van der Waals surface area contributed by atoms with E-state index in [1.54, 1.807) is 26.8 Å². The van der Waals surface area contributed by atoms with Crippen LogP contribution in [0.25, 0.3) is 10.8 Å². The summed E-state index contributed by atoms with van der Waals surface area (Å²) in [5, 5.41) is 7.37. The van der Waals surface area contributed by atoms with E-state index in [0.717, 1.165) is 16.3 Å². The molecule has 150 valence electrons. The minimum Gasteiger partial charge on any atom is -0.444 e. The highest BCUT2D eigenvalue weighted by Crippen LogP contribution is 2.27. The van der Waals surface area contributed by atoms with E-state index in [4.69, 9.17) is 4.74 Å². The number of alkyl carbamates (subject to hydrolysis) is 1. The third-order valence-electron chi connectivity index (χ3n) is 4.19. The Hall–Kier alpha value is -3.41.